The first-order valence-electron chi connectivity index (χ1n) is 5.48. The Balaban J connectivity index is 2.06. The molecule has 2 aromatic carbocycles. The molecule has 0 aliphatic heterocycles. The molecular formula is C14H12N2S. The highest BCUT2D eigenvalue weighted by atomic mass is 32.1. The molecule has 84 valence electrons. The van der Waals surface area contributed by atoms with Crippen LogP contribution in [-0.2, 0) is 0 Å². The molecule has 0 aliphatic carbocycles. The number of thiazole rings is 1. The molecular weight excluding hydrogens is 228 g/mol. The Morgan fingerprint density at radius 3 is 2.53 bits per heavy atom. The minimum absolute atomic E-state index is 1.07. The summed E-state index contributed by atoms with van der Waals surface area (Å²) in [5.41, 5.74) is 6.53. The van der Waals surface area contributed by atoms with Gasteiger partial charge in [0.25, 0.3) is 0 Å². The lowest BCUT2D eigenvalue weighted by Crippen LogP contribution is -1.86. The molecule has 0 bridgehead atoms. The van der Waals surface area contributed by atoms with E-state index in [2.05, 4.69) is 52.8 Å². The van der Waals surface area contributed by atoms with E-state index in [0.717, 1.165) is 11.2 Å². The van der Waals surface area contributed by atoms with Crippen molar-refractivity contribution in [2.75, 3.05) is 12.4 Å². The fraction of sp³-hybridized carbons (Fsp3) is 0.0714. The van der Waals surface area contributed by atoms with E-state index in [-0.39, 0.29) is 0 Å². The molecule has 0 radical (unpaired) electrons. The second-order valence-corrected chi connectivity index (χ2v) is 4.75. The number of fused-ring (bicyclic) bond motifs is 1. The SMILES string of the molecule is CNc1ccc(-c2ccc3scnc3c2)cc1. The van der Waals surface area contributed by atoms with E-state index < -0.39 is 0 Å². The van der Waals surface area contributed by atoms with Crippen LogP contribution in [-0.4, -0.2) is 12.0 Å². The highest BCUT2D eigenvalue weighted by molar-refractivity contribution is 7.16. The molecule has 1 aromatic heterocycles. The van der Waals surface area contributed by atoms with Gasteiger partial charge in [0, 0.05) is 12.7 Å². The first-order valence-corrected chi connectivity index (χ1v) is 6.36. The Hall–Kier alpha value is -1.87. The minimum Gasteiger partial charge on any atom is -0.388 e. The van der Waals surface area contributed by atoms with Crippen LogP contribution in [0.25, 0.3) is 21.3 Å². The third-order valence-corrected chi connectivity index (χ3v) is 3.65. The van der Waals surface area contributed by atoms with Gasteiger partial charge in [-0.1, -0.05) is 18.2 Å². The van der Waals surface area contributed by atoms with Gasteiger partial charge >= 0.3 is 0 Å². The summed E-state index contributed by atoms with van der Waals surface area (Å²) in [4.78, 5) is 4.34. The van der Waals surface area contributed by atoms with Gasteiger partial charge < -0.3 is 5.32 Å². The minimum atomic E-state index is 1.07. The zero-order valence-corrected chi connectivity index (χ0v) is 10.3. The molecule has 17 heavy (non-hydrogen) atoms. The van der Waals surface area contributed by atoms with Gasteiger partial charge in [0.1, 0.15) is 0 Å². The van der Waals surface area contributed by atoms with Crippen molar-refractivity contribution in [3.05, 3.63) is 48.0 Å². The van der Waals surface area contributed by atoms with Crippen molar-refractivity contribution < 1.29 is 0 Å². The van der Waals surface area contributed by atoms with E-state index in [1.165, 1.54) is 15.8 Å². The predicted octanol–water partition coefficient (Wildman–Crippen LogP) is 4.01. The van der Waals surface area contributed by atoms with Crippen molar-refractivity contribution in [2.24, 2.45) is 0 Å². The van der Waals surface area contributed by atoms with Crippen LogP contribution in [0.4, 0.5) is 5.69 Å². The normalized spacial score (nSPS) is 10.6. The first-order chi connectivity index (χ1) is 8.36. The fourth-order valence-corrected chi connectivity index (χ4v) is 2.53. The molecule has 0 unspecified atom stereocenters. The molecule has 1 heterocycles. The standard InChI is InChI=1S/C14H12N2S/c1-15-12-5-2-10(3-6-12)11-4-7-14-13(8-11)16-9-17-14/h2-9,15H,1H3. The van der Waals surface area contributed by atoms with Crippen LogP contribution in [0.1, 0.15) is 0 Å². The maximum absolute atomic E-state index is 4.34. The monoisotopic (exact) mass is 240 g/mol. The number of hydrogen-bond donors (Lipinski definition) is 1. The van der Waals surface area contributed by atoms with Crippen LogP contribution in [0.2, 0.25) is 0 Å². The van der Waals surface area contributed by atoms with Gasteiger partial charge in [-0.2, -0.15) is 0 Å². The average Bonchev–Trinajstić information content (AvgIpc) is 2.86. The van der Waals surface area contributed by atoms with Crippen LogP contribution in [0.15, 0.2) is 48.0 Å². The Bertz CT molecular complexity index is 641. The van der Waals surface area contributed by atoms with E-state index in [0.29, 0.717) is 0 Å². The lowest BCUT2D eigenvalue weighted by atomic mass is 10.1. The molecule has 3 heteroatoms. The summed E-state index contributed by atoms with van der Waals surface area (Å²) in [6.45, 7) is 0. The van der Waals surface area contributed by atoms with Gasteiger partial charge in [0.15, 0.2) is 0 Å². The third-order valence-electron chi connectivity index (χ3n) is 2.84. The van der Waals surface area contributed by atoms with Gasteiger partial charge in [-0.25, -0.2) is 4.98 Å². The Kier molecular flexibility index (Phi) is 2.53. The molecule has 1 N–H and O–H groups in total. The smallest absolute Gasteiger partial charge is 0.0818 e. The van der Waals surface area contributed by atoms with E-state index in [4.69, 9.17) is 0 Å². The van der Waals surface area contributed by atoms with Gasteiger partial charge in [-0.05, 0) is 35.4 Å². The van der Waals surface area contributed by atoms with Crippen molar-refractivity contribution >= 4 is 27.2 Å². The summed E-state index contributed by atoms with van der Waals surface area (Å²) in [5.74, 6) is 0. The first kappa shape index (κ1) is 10.3. The van der Waals surface area contributed by atoms with Crippen molar-refractivity contribution in [1.29, 1.82) is 0 Å². The van der Waals surface area contributed by atoms with Crippen molar-refractivity contribution in [3.8, 4) is 11.1 Å². The lowest BCUT2D eigenvalue weighted by molar-refractivity contribution is 1.49. The van der Waals surface area contributed by atoms with Crippen LogP contribution >= 0.6 is 11.3 Å². The van der Waals surface area contributed by atoms with E-state index >= 15 is 0 Å². The molecule has 0 spiro atoms. The quantitative estimate of drug-likeness (QED) is 0.732. The van der Waals surface area contributed by atoms with E-state index in [9.17, 15) is 0 Å². The topological polar surface area (TPSA) is 24.9 Å². The average molecular weight is 240 g/mol. The number of aromatic nitrogens is 1. The summed E-state index contributed by atoms with van der Waals surface area (Å²) in [5, 5.41) is 3.12. The number of rotatable bonds is 2. The lowest BCUT2D eigenvalue weighted by Gasteiger charge is -2.04. The molecule has 0 fully saturated rings. The van der Waals surface area contributed by atoms with Gasteiger partial charge in [0.2, 0.25) is 0 Å². The van der Waals surface area contributed by atoms with Crippen LogP contribution in [0.5, 0.6) is 0 Å². The van der Waals surface area contributed by atoms with Gasteiger partial charge in [-0.15, -0.1) is 11.3 Å². The summed E-state index contributed by atoms with van der Waals surface area (Å²) >= 11 is 1.68. The van der Waals surface area contributed by atoms with Crippen LogP contribution in [0.3, 0.4) is 0 Å². The Morgan fingerprint density at radius 2 is 1.76 bits per heavy atom. The molecule has 2 nitrogen and oxygen atoms in total. The number of hydrogen-bond acceptors (Lipinski definition) is 3. The zero-order chi connectivity index (χ0) is 11.7. The highest BCUT2D eigenvalue weighted by Crippen LogP contribution is 2.26. The van der Waals surface area contributed by atoms with E-state index in [1.54, 1.807) is 11.3 Å². The summed E-state index contributed by atoms with van der Waals surface area (Å²) in [6.07, 6.45) is 0. The number of benzene rings is 2. The Morgan fingerprint density at radius 1 is 1.00 bits per heavy atom. The molecule has 0 atom stereocenters. The Labute approximate surface area is 104 Å². The van der Waals surface area contributed by atoms with Crippen molar-refractivity contribution in [2.45, 2.75) is 0 Å². The van der Waals surface area contributed by atoms with Crippen LogP contribution < -0.4 is 5.32 Å². The van der Waals surface area contributed by atoms with Gasteiger partial charge in [0.05, 0.1) is 15.7 Å². The van der Waals surface area contributed by atoms with Crippen LogP contribution in [0, 0.1) is 0 Å². The molecule has 0 aliphatic rings. The maximum atomic E-state index is 4.34. The third kappa shape index (κ3) is 1.89. The second-order valence-electron chi connectivity index (χ2n) is 3.86. The number of nitrogens with zero attached hydrogens (tertiary/aromatic N) is 1. The largest absolute Gasteiger partial charge is 0.388 e. The maximum Gasteiger partial charge on any atom is 0.0818 e. The summed E-state index contributed by atoms with van der Waals surface area (Å²) < 4.78 is 1.24. The molecule has 0 saturated heterocycles. The predicted molar refractivity (Wildman–Crippen MR) is 74.6 cm³/mol. The van der Waals surface area contributed by atoms with E-state index in [1.807, 2.05) is 12.6 Å². The molecule has 3 aromatic rings. The zero-order valence-electron chi connectivity index (χ0n) is 9.47. The van der Waals surface area contributed by atoms with Crippen molar-refractivity contribution in [1.82, 2.24) is 4.98 Å². The summed E-state index contributed by atoms with van der Waals surface area (Å²) in [7, 11) is 1.93. The molecule has 3 rings (SSSR count). The second kappa shape index (κ2) is 4.18. The molecule has 0 saturated carbocycles. The number of anilines is 1. The van der Waals surface area contributed by atoms with Gasteiger partial charge in [-0.3, -0.25) is 0 Å². The fourth-order valence-electron chi connectivity index (χ4n) is 1.87. The summed E-state index contributed by atoms with van der Waals surface area (Å²) in [6, 6.07) is 14.8. The van der Waals surface area contributed by atoms with Crippen molar-refractivity contribution in [3.63, 3.8) is 0 Å². The molecule has 0 amide bonds. The highest BCUT2D eigenvalue weighted by Gasteiger charge is 2.01. The number of nitrogens with one attached hydrogen (secondary N) is 1.